The summed E-state index contributed by atoms with van der Waals surface area (Å²) in [6, 6.07) is 15.9. The number of fused-ring (bicyclic) bond motifs is 1. The van der Waals surface area contributed by atoms with E-state index in [0.717, 1.165) is 17.5 Å². The second-order valence-electron chi connectivity index (χ2n) is 8.74. The number of rotatable bonds is 7. The minimum Gasteiger partial charge on any atom is -0.484 e. The van der Waals surface area contributed by atoms with Crippen LogP contribution in [-0.4, -0.2) is 45.7 Å². The molecule has 7 heteroatoms. The van der Waals surface area contributed by atoms with E-state index in [2.05, 4.69) is 11.1 Å². The molecule has 1 aliphatic heterocycles. The van der Waals surface area contributed by atoms with Gasteiger partial charge in [-0.15, -0.1) is 0 Å². The summed E-state index contributed by atoms with van der Waals surface area (Å²) in [5.74, 6) is 0.890. The van der Waals surface area contributed by atoms with Crippen LogP contribution in [0.25, 0.3) is 0 Å². The van der Waals surface area contributed by atoms with E-state index >= 15 is 0 Å². The summed E-state index contributed by atoms with van der Waals surface area (Å²) in [5, 5.41) is 0. The predicted octanol–water partition coefficient (Wildman–Crippen LogP) is 4.62. The van der Waals surface area contributed by atoms with Gasteiger partial charge in [-0.3, -0.25) is 9.59 Å². The molecule has 1 aliphatic rings. The van der Waals surface area contributed by atoms with E-state index in [9.17, 15) is 9.59 Å². The van der Waals surface area contributed by atoms with Crippen molar-refractivity contribution in [2.75, 3.05) is 13.1 Å². The Balaban J connectivity index is 1.54. The van der Waals surface area contributed by atoms with Crippen LogP contribution >= 0.6 is 0 Å². The summed E-state index contributed by atoms with van der Waals surface area (Å²) in [7, 11) is 0. The average Bonchev–Trinajstić information content (AvgIpc) is 3.31. The Morgan fingerprint density at radius 3 is 2.65 bits per heavy atom. The Morgan fingerprint density at radius 2 is 1.97 bits per heavy atom. The normalized spacial score (nSPS) is 15.2. The lowest BCUT2D eigenvalue weighted by atomic mass is 9.88. The van der Waals surface area contributed by atoms with Crippen LogP contribution in [0.2, 0.25) is 0 Å². The zero-order valence-electron chi connectivity index (χ0n) is 20.2. The van der Waals surface area contributed by atoms with Gasteiger partial charge in [0.2, 0.25) is 11.8 Å². The van der Waals surface area contributed by atoms with Crippen LogP contribution in [0.1, 0.15) is 66.8 Å². The summed E-state index contributed by atoms with van der Waals surface area (Å²) in [6.45, 7) is 8.88. The third-order valence-electron chi connectivity index (χ3n) is 6.22. The van der Waals surface area contributed by atoms with Crippen LogP contribution in [0.4, 0.5) is 0 Å². The van der Waals surface area contributed by atoms with Crippen molar-refractivity contribution in [1.29, 1.82) is 0 Å². The molecule has 0 spiro atoms. The van der Waals surface area contributed by atoms with E-state index in [1.807, 2.05) is 68.1 Å². The van der Waals surface area contributed by atoms with Crippen LogP contribution in [-0.2, 0) is 17.8 Å². The fourth-order valence-electron chi connectivity index (χ4n) is 4.53. The smallest absolute Gasteiger partial charge is 0.276 e. The van der Waals surface area contributed by atoms with Crippen LogP contribution < -0.4 is 4.74 Å². The first-order chi connectivity index (χ1) is 16.4. The third-order valence-corrected chi connectivity index (χ3v) is 6.22. The molecule has 2 aromatic carbocycles. The fourth-order valence-corrected chi connectivity index (χ4v) is 4.53. The SMILES string of the molecule is CCN(C(=O)c1coc(COc2ccc3c(c2)C(c2ccccc2)N(C(C)=O)CC3)n1)C(C)C. The maximum Gasteiger partial charge on any atom is 0.276 e. The van der Waals surface area contributed by atoms with Gasteiger partial charge in [0.15, 0.2) is 12.3 Å². The molecule has 4 rings (SSSR count). The molecular formula is C27H31N3O4. The van der Waals surface area contributed by atoms with Crippen molar-refractivity contribution in [1.82, 2.24) is 14.8 Å². The number of carbonyl (C=O) groups excluding carboxylic acids is 2. The number of oxazole rings is 1. The van der Waals surface area contributed by atoms with Crippen LogP contribution in [0, 0.1) is 0 Å². The van der Waals surface area contributed by atoms with Crippen molar-refractivity contribution >= 4 is 11.8 Å². The zero-order valence-corrected chi connectivity index (χ0v) is 20.2. The van der Waals surface area contributed by atoms with Gasteiger partial charge in [0.1, 0.15) is 12.0 Å². The Morgan fingerprint density at radius 1 is 1.21 bits per heavy atom. The summed E-state index contributed by atoms with van der Waals surface area (Å²) in [4.78, 5) is 33.0. The molecule has 34 heavy (non-hydrogen) atoms. The number of hydrogen-bond donors (Lipinski definition) is 0. The lowest BCUT2D eigenvalue weighted by Gasteiger charge is -2.37. The van der Waals surface area contributed by atoms with Gasteiger partial charge in [0.05, 0.1) is 6.04 Å². The Kier molecular flexibility index (Phi) is 7.01. The predicted molar refractivity (Wildman–Crippen MR) is 128 cm³/mol. The topological polar surface area (TPSA) is 75.9 Å². The summed E-state index contributed by atoms with van der Waals surface area (Å²) >= 11 is 0. The Labute approximate surface area is 200 Å². The maximum atomic E-state index is 12.7. The second kappa shape index (κ2) is 10.1. The van der Waals surface area contributed by atoms with Crippen molar-refractivity contribution in [2.45, 2.75) is 52.8 Å². The number of nitrogens with zero attached hydrogens (tertiary/aromatic N) is 3. The molecule has 2 heterocycles. The average molecular weight is 462 g/mol. The first-order valence-electron chi connectivity index (χ1n) is 11.7. The van der Waals surface area contributed by atoms with Gasteiger partial charge in [0, 0.05) is 26.1 Å². The van der Waals surface area contributed by atoms with E-state index in [4.69, 9.17) is 9.15 Å². The summed E-state index contributed by atoms with van der Waals surface area (Å²) < 4.78 is 11.5. The number of amides is 2. The maximum absolute atomic E-state index is 12.7. The van der Waals surface area contributed by atoms with Gasteiger partial charge in [-0.05, 0) is 56.0 Å². The largest absolute Gasteiger partial charge is 0.484 e. The molecular weight excluding hydrogens is 430 g/mol. The van der Waals surface area contributed by atoms with Crippen molar-refractivity contribution in [3.8, 4) is 5.75 Å². The molecule has 0 N–H and O–H groups in total. The number of carbonyl (C=O) groups is 2. The van der Waals surface area contributed by atoms with Crippen molar-refractivity contribution in [2.24, 2.45) is 0 Å². The fraction of sp³-hybridized carbons (Fsp3) is 0.370. The molecule has 0 saturated carbocycles. The number of aromatic nitrogens is 1. The molecule has 0 saturated heterocycles. The molecule has 1 aromatic heterocycles. The van der Waals surface area contributed by atoms with E-state index in [1.54, 1.807) is 11.8 Å². The first-order valence-corrected chi connectivity index (χ1v) is 11.7. The van der Waals surface area contributed by atoms with Crippen molar-refractivity contribution in [3.63, 3.8) is 0 Å². The van der Waals surface area contributed by atoms with Gasteiger partial charge in [-0.25, -0.2) is 4.98 Å². The highest BCUT2D eigenvalue weighted by molar-refractivity contribution is 5.92. The van der Waals surface area contributed by atoms with Crippen molar-refractivity contribution in [3.05, 3.63) is 83.1 Å². The van der Waals surface area contributed by atoms with E-state index in [0.29, 0.717) is 24.7 Å². The standard InChI is InChI=1S/C27H31N3O4/c1-5-29(18(2)3)27(32)24-16-34-25(28-24)17-33-22-12-11-20-13-14-30(19(4)31)26(23(20)15-22)21-9-7-6-8-10-21/h6-12,15-16,18,26H,5,13-14,17H2,1-4H3. The molecule has 178 valence electrons. The van der Waals surface area contributed by atoms with E-state index in [1.165, 1.54) is 11.8 Å². The lowest BCUT2D eigenvalue weighted by molar-refractivity contribution is -0.130. The highest BCUT2D eigenvalue weighted by atomic mass is 16.5. The Hall–Kier alpha value is -3.61. The monoisotopic (exact) mass is 461 g/mol. The van der Waals surface area contributed by atoms with Crippen LogP contribution in [0.3, 0.4) is 0 Å². The molecule has 0 aliphatic carbocycles. The van der Waals surface area contributed by atoms with Gasteiger partial charge in [0.25, 0.3) is 5.91 Å². The van der Waals surface area contributed by atoms with Crippen molar-refractivity contribution < 1.29 is 18.7 Å². The molecule has 1 atom stereocenters. The Bertz CT molecular complexity index is 1160. The summed E-state index contributed by atoms with van der Waals surface area (Å²) in [6.07, 6.45) is 2.18. The minimum atomic E-state index is -0.159. The molecule has 2 amide bonds. The van der Waals surface area contributed by atoms with Gasteiger partial charge in [-0.2, -0.15) is 0 Å². The second-order valence-corrected chi connectivity index (χ2v) is 8.74. The van der Waals surface area contributed by atoms with Crippen LogP contribution in [0.5, 0.6) is 5.75 Å². The summed E-state index contributed by atoms with van der Waals surface area (Å²) in [5.41, 5.74) is 3.61. The quantitative estimate of drug-likeness (QED) is 0.513. The lowest BCUT2D eigenvalue weighted by Crippen LogP contribution is -2.39. The third kappa shape index (κ3) is 4.83. The number of ether oxygens (including phenoxy) is 1. The molecule has 1 unspecified atom stereocenters. The van der Waals surface area contributed by atoms with Gasteiger partial charge in [-0.1, -0.05) is 36.4 Å². The minimum absolute atomic E-state index is 0.0466. The van der Waals surface area contributed by atoms with Crippen LogP contribution in [0.15, 0.2) is 59.2 Å². The molecule has 3 aromatic rings. The molecule has 0 radical (unpaired) electrons. The molecule has 7 nitrogen and oxygen atoms in total. The highest BCUT2D eigenvalue weighted by Gasteiger charge is 2.30. The number of hydrogen-bond acceptors (Lipinski definition) is 5. The van der Waals surface area contributed by atoms with E-state index < -0.39 is 0 Å². The molecule has 0 fully saturated rings. The highest BCUT2D eigenvalue weighted by Crippen LogP contribution is 2.37. The van der Waals surface area contributed by atoms with Gasteiger partial charge >= 0.3 is 0 Å². The van der Waals surface area contributed by atoms with Gasteiger partial charge < -0.3 is 19.0 Å². The first kappa shape index (κ1) is 23.5. The number of benzene rings is 2. The zero-order chi connectivity index (χ0) is 24.2. The van der Waals surface area contributed by atoms with E-state index in [-0.39, 0.29) is 36.2 Å². The molecule has 0 bridgehead atoms.